The zero-order valence-electron chi connectivity index (χ0n) is 16.2. The average molecular weight is 354 g/mol. The quantitative estimate of drug-likeness (QED) is 0.394. The molecule has 25 heavy (non-hydrogen) atoms. The number of hydrogen-bond acceptors (Lipinski definition) is 4. The van der Waals surface area contributed by atoms with Gasteiger partial charge in [0.2, 0.25) is 5.91 Å². The zero-order chi connectivity index (χ0) is 18.1. The fourth-order valence-corrected chi connectivity index (χ4v) is 3.41. The van der Waals surface area contributed by atoms with Gasteiger partial charge < -0.3 is 19.9 Å². The third-order valence-electron chi connectivity index (χ3n) is 4.94. The summed E-state index contributed by atoms with van der Waals surface area (Å²) in [7, 11) is 3.54. The Morgan fingerprint density at radius 2 is 2.04 bits per heavy atom. The highest BCUT2D eigenvalue weighted by Gasteiger charge is 2.30. The summed E-state index contributed by atoms with van der Waals surface area (Å²) in [6, 6.07) is 0.627. The van der Waals surface area contributed by atoms with Gasteiger partial charge in [0.05, 0.1) is 0 Å². The predicted octanol–water partition coefficient (Wildman–Crippen LogP) is 0.617. The molecule has 0 aromatic rings. The number of hydrogen-bond donors (Lipinski definition) is 1. The van der Waals surface area contributed by atoms with Gasteiger partial charge in [-0.3, -0.25) is 9.69 Å². The molecule has 7 nitrogen and oxygen atoms in total. The van der Waals surface area contributed by atoms with Gasteiger partial charge in [-0.15, -0.1) is 0 Å². The molecule has 2 aliphatic heterocycles. The highest BCUT2D eigenvalue weighted by atomic mass is 16.5. The molecule has 0 saturated carbocycles. The summed E-state index contributed by atoms with van der Waals surface area (Å²) in [5, 5.41) is 3.43. The van der Waals surface area contributed by atoms with Crippen LogP contribution in [0.2, 0.25) is 0 Å². The van der Waals surface area contributed by atoms with E-state index in [0.717, 1.165) is 45.2 Å². The van der Waals surface area contributed by atoms with E-state index in [2.05, 4.69) is 20.1 Å². The van der Waals surface area contributed by atoms with Crippen molar-refractivity contribution < 1.29 is 9.53 Å². The molecular weight excluding hydrogens is 318 g/mol. The van der Waals surface area contributed by atoms with E-state index in [4.69, 9.17) is 4.74 Å². The first-order valence-electron chi connectivity index (χ1n) is 9.67. The Kier molecular flexibility index (Phi) is 8.48. The number of likely N-dealkylation sites (N-methyl/N-ethyl adjacent to an activating group) is 1. The third-order valence-corrected chi connectivity index (χ3v) is 4.94. The molecule has 0 bridgehead atoms. The van der Waals surface area contributed by atoms with Crippen molar-refractivity contribution in [3.63, 3.8) is 0 Å². The van der Waals surface area contributed by atoms with Crippen molar-refractivity contribution in [1.29, 1.82) is 0 Å². The number of aliphatic imine (C=N–C) groups is 1. The van der Waals surface area contributed by atoms with Crippen LogP contribution in [0, 0.1) is 0 Å². The number of amides is 1. The number of nitrogens with zero attached hydrogens (tertiary/aromatic N) is 4. The van der Waals surface area contributed by atoms with E-state index in [9.17, 15) is 4.79 Å². The van der Waals surface area contributed by atoms with E-state index in [0.29, 0.717) is 6.04 Å². The Bertz CT molecular complexity index is 435. The fourth-order valence-electron chi connectivity index (χ4n) is 3.41. The number of ether oxygens (including phenoxy) is 1. The van der Waals surface area contributed by atoms with E-state index in [1.165, 1.54) is 32.4 Å². The van der Waals surface area contributed by atoms with Gasteiger partial charge in [-0.25, -0.2) is 4.99 Å². The number of likely N-dealkylation sites (tertiary alicyclic amines) is 2. The highest BCUT2D eigenvalue weighted by molar-refractivity contribution is 5.85. The van der Waals surface area contributed by atoms with Crippen molar-refractivity contribution in [2.45, 2.75) is 38.6 Å². The monoisotopic (exact) mass is 353 g/mol. The van der Waals surface area contributed by atoms with Crippen LogP contribution in [0.4, 0.5) is 0 Å². The summed E-state index contributed by atoms with van der Waals surface area (Å²) >= 11 is 0. The smallest absolute Gasteiger partial charge is 0.243 e. The van der Waals surface area contributed by atoms with Crippen LogP contribution >= 0.6 is 0 Å². The second-order valence-corrected chi connectivity index (χ2v) is 7.04. The molecule has 2 rings (SSSR count). The average Bonchev–Trinajstić information content (AvgIpc) is 3.28. The second-order valence-electron chi connectivity index (χ2n) is 7.04. The molecule has 0 aliphatic carbocycles. The molecule has 144 valence electrons. The fraction of sp³-hybridized carbons (Fsp3) is 0.889. The number of carbonyl (C=O) groups excluding carboxylic acids is 1. The van der Waals surface area contributed by atoms with Crippen molar-refractivity contribution in [3.05, 3.63) is 0 Å². The molecule has 1 atom stereocenters. The number of nitrogens with one attached hydrogen (secondary N) is 1. The Morgan fingerprint density at radius 3 is 2.72 bits per heavy atom. The molecule has 1 N–H and O–H groups in total. The van der Waals surface area contributed by atoms with Crippen LogP contribution in [0.3, 0.4) is 0 Å². The number of rotatable bonds is 8. The molecular formula is C18H35N5O2. The minimum absolute atomic E-state index is 0.0314. The van der Waals surface area contributed by atoms with Gasteiger partial charge >= 0.3 is 0 Å². The molecule has 0 spiro atoms. The summed E-state index contributed by atoms with van der Waals surface area (Å²) in [6.45, 7) is 9.01. The summed E-state index contributed by atoms with van der Waals surface area (Å²) in [5.74, 6) is 0.900. The normalized spacial score (nSPS) is 21.8. The number of carbonyl (C=O) groups is 1. The molecule has 1 amide bonds. The van der Waals surface area contributed by atoms with Crippen molar-refractivity contribution in [3.8, 4) is 0 Å². The van der Waals surface area contributed by atoms with Crippen LogP contribution in [-0.2, 0) is 9.53 Å². The lowest BCUT2D eigenvalue weighted by molar-refractivity contribution is -0.127. The van der Waals surface area contributed by atoms with Crippen molar-refractivity contribution in [1.82, 2.24) is 20.0 Å². The van der Waals surface area contributed by atoms with E-state index in [1.807, 2.05) is 6.92 Å². The summed E-state index contributed by atoms with van der Waals surface area (Å²) in [6.07, 6.45) is 4.77. The van der Waals surface area contributed by atoms with E-state index >= 15 is 0 Å². The minimum atomic E-state index is 0.0314. The molecule has 0 aromatic carbocycles. The van der Waals surface area contributed by atoms with Crippen molar-refractivity contribution in [2.24, 2.45) is 4.99 Å². The highest BCUT2D eigenvalue weighted by Crippen LogP contribution is 2.20. The molecule has 2 heterocycles. The summed E-state index contributed by atoms with van der Waals surface area (Å²) in [4.78, 5) is 23.0. The number of guanidine groups is 1. The topological polar surface area (TPSA) is 60.4 Å². The SMILES string of the molecule is CCOCCCNC(=NCC(=O)N(C)C)N1CCC(N2CCCC2)C1. The van der Waals surface area contributed by atoms with E-state index in [1.54, 1.807) is 19.0 Å². The van der Waals surface area contributed by atoms with Gasteiger partial charge in [-0.05, 0) is 45.7 Å². The Labute approximate surface area is 152 Å². The molecule has 2 aliphatic rings. The van der Waals surface area contributed by atoms with Crippen LogP contribution in [-0.4, -0.2) is 99.2 Å². The maximum atomic E-state index is 11.9. The lowest BCUT2D eigenvalue weighted by Crippen LogP contribution is -2.43. The maximum absolute atomic E-state index is 11.9. The first-order valence-corrected chi connectivity index (χ1v) is 9.67. The lowest BCUT2D eigenvalue weighted by Gasteiger charge is -2.25. The lowest BCUT2D eigenvalue weighted by atomic mass is 10.2. The van der Waals surface area contributed by atoms with Crippen LogP contribution in [0.1, 0.15) is 32.6 Å². The van der Waals surface area contributed by atoms with E-state index < -0.39 is 0 Å². The summed E-state index contributed by atoms with van der Waals surface area (Å²) in [5.41, 5.74) is 0. The van der Waals surface area contributed by atoms with Crippen LogP contribution in [0.15, 0.2) is 4.99 Å². The maximum Gasteiger partial charge on any atom is 0.243 e. The molecule has 0 radical (unpaired) electrons. The minimum Gasteiger partial charge on any atom is -0.382 e. The van der Waals surface area contributed by atoms with Crippen LogP contribution in [0.25, 0.3) is 0 Å². The van der Waals surface area contributed by atoms with Crippen molar-refractivity contribution >= 4 is 11.9 Å². The van der Waals surface area contributed by atoms with Gasteiger partial charge in [0.15, 0.2) is 5.96 Å². The molecule has 2 fully saturated rings. The third kappa shape index (κ3) is 6.47. The molecule has 7 heteroatoms. The van der Waals surface area contributed by atoms with E-state index in [-0.39, 0.29) is 12.5 Å². The van der Waals surface area contributed by atoms with Gasteiger partial charge in [0.1, 0.15) is 6.54 Å². The Hall–Kier alpha value is -1.34. The summed E-state index contributed by atoms with van der Waals surface area (Å²) < 4.78 is 5.39. The first-order chi connectivity index (χ1) is 12.1. The Balaban J connectivity index is 1.88. The van der Waals surface area contributed by atoms with Crippen LogP contribution < -0.4 is 5.32 Å². The van der Waals surface area contributed by atoms with Crippen molar-refractivity contribution in [2.75, 3.05) is 66.6 Å². The Morgan fingerprint density at radius 1 is 1.28 bits per heavy atom. The van der Waals surface area contributed by atoms with Gasteiger partial charge in [-0.2, -0.15) is 0 Å². The standard InChI is InChI=1S/C18H35N5O2/c1-4-25-13-7-9-19-18(20-14-17(24)21(2)3)23-12-8-16(15-23)22-10-5-6-11-22/h16H,4-15H2,1-3H3,(H,19,20). The van der Waals surface area contributed by atoms with Crippen LogP contribution in [0.5, 0.6) is 0 Å². The molecule has 2 saturated heterocycles. The van der Waals surface area contributed by atoms with Gasteiger partial charge in [0.25, 0.3) is 0 Å². The molecule has 1 unspecified atom stereocenters. The molecule has 0 aromatic heterocycles. The zero-order valence-corrected chi connectivity index (χ0v) is 16.2. The first kappa shape index (κ1) is 20.0. The predicted molar refractivity (Wildman–Crippen MR) is 101 cm³/mol. The largest absolute Gasteiger partial charge is 0.382 e. The van der Waals surface area contributed by atoms with Gasteiger partial charge in [-0.1, -0.05) is 0 Å². The second kappa shape index (κ2) is 10.6. The van der Waals surface area contributed by atoms with Gasteiger partial charge in [0, 0.05) is 53.0 Å².